The third-order valence-corrected chi connectivity index (χ3v) is 5.03. The van der Waals surface area contributed by atoms with Crippen LogP contribution in [0, 0.1) is 5.82 Å². The van der Waals surface area contributed by atoms with E-state index in [9.17, 15) is 13.9 Å². The molecule has 1 aromatic carbocycles. The van der Waals surface area contributed by atoms with Crippen molar-refractivity contribution in [2.24, 2.45) is 0 Å². The second-order valence-corrected chi connectivity index (χ2v) is 6.94. The van der Waals surface area contributed by atoms with Crippen molar-refractivity contribution in [2.75, 3.05) is 11.9 Å². The number of rotatable bonds is 6. The number of ether oxygens (including phenoxy) is 1. The quantitative estimate of drug-likeness (QED) is 0.596. The van der Waals surface area contributed by atoms with E-state index in [-0.39, 0.29) is 30.3 Å². The molecule has 2 heterocycles. The van der Waals surface area contributed by atoms with Gasteiger partial charge in [0.2, 0.25) is 0 Å². The second-order valence-electron chi connectivity index (χ2n) is 6.94. The summed E-state index contributed by atoms with van der Waals surface area (Å²) >= 11 is 0. The monoisotopic (exact) mass is 389 g/mol. The van der Waals surface area contributed by atoms with E-state index < -0.39 is 12.0 Å². The van der Waals surface area contributed by atoms with Crippen LogP contribution in [-0.4, -0.2) is 44.0 Å². The maximum absolute atomic E-state index is 14.2. The van der Waals surface area contributed by atoms with Crippen molar-refractivity contribution in [2.45, 2.75) is 44.0 Å². The van der Waals surface area contributed by atoms with Crippen LogP contribution >= 0.6 is 0 Å². The Kier molecular flexibility index (Phi) is 5.34. The summed E-state index contributed by atoms with van der Waals surface area (Å²) in [6, 6.07) is 5.68. The van der Waals surface area contributed by atoms with E-state index in [0.29, 0.717) is 16.9 Å². The summed E-state index contributed by atoms with van der Waals surface area (Å²) in [5, 5.41) is 20.3. The van der Waals surface area contributed by atoms with E-state index >= 15 is 0 Å². The first kappa shape index (κ1) is 18.5. The largest absolute Gasteiger partial charge is 0.479 e. The highest BCUT2D eigenvalue weighted by Crippen LogP contribution is 2.28. The minimum Gasteiger partial charge on any atom is -0.479 e. The SMILES string of the molecule is Oc1nc(N[C@H]2CC[C@H](OCC(F)c3ccccc3F)CC2)c2cn[nH]c2n1. The fourth-order valence-electron chi connectivity index (χ4n) is 3.54. The van der Waals surface area contributed by atoms with Crippen LogP contribution in [0.5, 0.6) is 6.01 Å². The Morgan fingerprint density at radius 3 is 2.79 bits per heavy atom. The van der Waals surface area contributed by atoms with Crippen LogP contribution in [0.4, 0.5) is 14.6 Å². The van der Waals surface area contributed by atoms with Gasteiger partial charge >= 0.3 is 6.01 Å². The van der Waals surface area contributed by atoms with Crippen LogP contribution in [0.3, 0.4) is 0 Å². The van der Waals surface area contributed by atoms with Crippen molar-refractivity contribution < 1.29 is 18.6 Å². The lowest BCUT2D eigenvalue weighted by Crippen LogP contribution is -2.30. The molecule has 9 heteroatoms. The van der Waals surface area contributed by atoms with Crippen LogP contribution < -0.4 is 5.32 Å². The molecule has 0 bridgehead atoms. The van der Waals surface area contributed by atoms with E-state index in [4.69, 9.17) is 4.74 Å². The number of aromatic nitrogens is 4. The lowest BCUT2D eigenvalue weighted by molar-refractivity contribution is -0.00314. The fourth-order valence-corrected chi connectivity index (χ4v) is 3.54. The molecule has 1 fully saturated rings. The van der Waals surface area contributed by atoms with Crippen molar-refractivity contribution >= 4 is 16.9 Å². The molecule has 4 rings (SSSR count). The minimum atomic E-state index is -1.48. The van der Waals surface area contributed by atoms with Crippen molar-refractivity contribution in [3.63, 3.8) is 0 Å². The lowest BCUT2D eigenvalue weighted by Gasteiger charge is -2.30. The van der Waals surface area contributed by atoms with E-state index in [1.165, 1.54) is 18.2 Å². The summed E-state index contributed by atoms with van der Waals surface area (Å²) in [5.74, 6) is -0.0193. The van der Waals surface area contributed by atoms with Gasteiger partial charge in [0.1, 0.15) is 11.6 Å². The van der Waals surface area contributed by atoms with Gasteiger partial charge in [-0.3, -0.25) is 5.10 Å². The molecule has 0 radical (unpaired) electrons. The number of nitrogens with zero attached hydrogens (tertiary/aromatic N) is 3. The molecule has 0 spiro atoms. The molecule has 0 saturated heterocycles. The van der Waals surface area contributed by atoms with Gasteiger partial charge in [0.15, 0.2) is 11.8 Å². The average Bonchev–Trinajstić information content (AvgIpc) is 3.16. The van der Waals surface area contributed by atoms with Crippen LogP contribution in [0.15, 0.2) is 30.5 Å². The van der Waals surface area contributed by atoms with E-state index in [2.05, 4.69) is 25.5 Å². The van der Waals surface area contributed by atoms with Crippen LogP contribution in [0.2, 0.25) is 0 Å². The molecule has 148 valence electrons. The third kappa shape index (κ3) is 4.04. The Morgan fingerprint density at radius 1 is 1.21 bits per heavy atom. The van der Waals surface area contributed by atoms with Gasteiger partial charge in [0, 0.05) is 11.6 Å². The van der Waals surface area contributed by atoms with Gasteiger partial charge < -0.3 is 15.2 Å². The van der Waals surface area contributed by atoms with Crippen molar-refractivity contribution in [1.29, 1.82) is 0 Å². The Bertz CT molecular complexity index is 943. The number of halogens is 2. The molecule has 7 nitrogen and oxygen atoms in total. The predicted molar refractivity (Wildman–Crippen MR) is 99.2 cm³/mol. The first-order valence-corrected chi connectivity index (χ1v) is 9.27. The lowest BCUT2D eigenvalue weighted by atomic mass is 9.93. The molecule has 1 aliphatic carbocycles. The molecule has 1 atom stereocenters. The number of aromatic amines is 1. The normalized spacial score (nSPS) is 20.9. The molecule has 1 aliphatic rings. The Balaban J connectivity index is 1.29. The maximum Gasteiger partial charge on any atom is 0.317 e. The minimum absolute atomic E-state index is 0.0329. The predicted octanol–water partition coefficient (Wildman–Crippen LogP) is 3.65. The van der Waals surface area contributed by atoms with E-state index in [1.807, 2.05) is 0 Å². The standard InChI is InChI=1S/C19H21F2N5O2/c20-15-4-2-1-3-13(15)16(21)10-28-12-7-5-11(6-8-12)23-17-14-9-22-26-18(14)25-19(27)24-17/h1-4,9,11-12,16H,5-8,10H2,(H3,22,23,24,25,26,27)/t11-,12-,16?. The van der Waals surface area contributed by atoms with Crippen LogP contribution in [-0.2, 0) is 4.74 Å². The number of benzene rings is 1. The molecule has 3 aromatic rings. The van der Waals surface area contributed by atoms with Gasteiger partial charge in [-0.1, -0.05) is 18.2 Å². The second kappa shape index (κ2) is 8.05. The fraction of sp³-hybridized carbons (Fsp3) is 0.421. The van der Waals surface area contributed by atoms with Crippen LogP contribution in [0.25, 0.3) is 11.0 Å². The highest BCUT2D eigenvalue weighted by molar-refractivity contribution is 5.86. The van der Waals surface area contributed by atoms with E-state index in [0.717, 1.165) is 25.7 Å². The van der Waals surface area contributed by atoms with Crippen LogP contribution in [0.1, 0.15) is 37.4 Å². The number of hydrogen-bond acceptors (Lipinski definition) is 6. The van der Waals surface area contributed by atoms with Crippen molar-refractivity contribution in [3.05, 3.63) is 41.8 Å². The Labute approximate surface area is 160 Å². The van der Waals surface area contributed by atoms with E-state index in [1.54, 1.807) is 12.3 Å². The van der Waals surface area contributed by atoms with Gasteiger partial charge in [0.05, 0.1) is 24.3 Å². The summed E-state index contributed by atoms with van der Waals surface area (Å²) in [4.78, 5) is 7.92. The molecular weight excluding hydrogens is 368 g/mol. The summed E-state index contributed by atoms with van der Waals surface area (Å²) in [5.41, 5.74) is 0.500. The topological polar surface area (TPSA) is 96.0 Å². The Morgan fingerprint density at radius 2 is 2.00 bits per heavy atom. The van der Waals surface area contributed by atoms with Gasteiger partial charge in [-0.15, -0.1) is 0 Å². The zero-order chi connectivity index (χ0) is 19.5. The first-order valence-electron chi connectivity index (χ1n) is 9.27. The molecule has 28 heavy (non-hydrogen) atoms. The average molecular weight is 389 g/mol. The van der Waals surface area contributed by atoms with Gasteiger partial charge in [-0.2, -0.15) is 15.1 Å². The smallest absolute Gasteiger partial charge is 0.317 e. The zero-order valence-corrected chi connectivity index (χ0v) is 15.1. The highest BCUT2D eigenvalue weighted by Gasteiger charge is 2.24. The number of alkyl halides is 1. The van der Waals surface area contributed by atoms with Gasteiger partial charge in [0.25, 0.3) is 0 Å². The van der Waals surface area contributed by atoms with Crippen molar-refractivity contribution in [1.82, 2.24) is 20.2 Å². The summed E-state index contributed by atoms with van der Waals surface area (Å²) < 4.78 is 33.6. The maximum atomic E-state index is 14.2. The Hall–Kier alpha value is -2.81. The van der Waals surface area contributed by atoms with Gasteiger partial charge in [-0.05, 0) is 31.7 Å². The molecule has 1 saturated carbocycles. The third-order valence-electron chi connectivity index (χ3n) is 5.03. The zero-order valence-electron chi connectivity index (χ0n) is 15.1. The first-order chi connectivity index (χ1) is 13.6. The van der Waals surface area contributed by atoms with Crippen molar-refractivity contribution in [3.8, 4) is 6.01 Å². The highest BCUT2D eigenvalue weighted by atomic mass is 19.1. The molecule has 2 aromatic heterocycles. The molecule has 3 N–H and O–H groups in total. The molecule has 0 aliphatic heterocycles. The van der Waals surface area contributed by atoms with Gasteiger partial charge in [-0.25, -0.2) is 8.78 Å². The number of aromatic hydroxyl groups is 1. The summed E-state index contributed by atoms with van der Waals surface area (Å²) in [6.45, 7) is -0.154. The number of fused-ring (bicyclic) bond motifs is 1. The molecule has 1 unspecified atom stereocenters. The number of nitrogens with one attached hydrogen (secondary N) is 2. The number of anilines is 1. The summed E-state index contributed by atoms with van der Waals surface area (Å²) in [6.07, 6.45) is 3.21. The number of hydrogen-bond donors (Lipinski definition) is 3. The summed E-state index contributed by atoms with van der Waals surface area (Å²) in [7, 11) is 0. The molecule has 0 amide bonds. The number of H-pyrrole nitrogens is 1. The molecular formula is C19H21F2N5O2.